The Morgan fingerprint density at radius 2 is 1.65 bits per heavy atom. The first-order valence-electron chi connectivity index (χ1n) is 15.3. The molecule has 2 saturated heterocycles. The number of aliphatic carboxylic acids is 1. The van der Waals surface area contributed by atoms with Crippen LogP contribution in [0.3, 0.4) is 0 Å². The van der Waals surface area contributed by atoms with Gasteiger partial charge in [-0.1, -0.05) is 30.2 Å². The number of β-lactam (4-membered cyclic amide) rings is 1. The van der Waals surface area contributed by atoms with Crippen molar-refractivity contribution in [1.82, 2.24) is 5.32 Å². The first-order valence-corrected chi connectivity index (χ1v) is 15.3. The van der Waals surface area contributed by atoms with Crippen molar-refractivity contribution >= 4 is 23.5 Å². The standard InChI is InChI=1S/C35H35FN2O10/c1-2-37-27(40)18-5-19-3-12-23(13-4-19)38-28(25(33(38)44)16-17-26(39)20-6-10-22(36)11-7-20)21-8-14-24(15-9-21)47-35-31(43)29(41)30(42)32(48-35)34(45)46/h3-4,6-15,25-26,28-32,35,39,41-43H,2,16-17H2,1H3,(H,37,40)(H,45,46)/t25?,26-,28+,29-,30-,31+,32-,35+/m0/s1. The number of carboxylic acids is 1. The normalized spacial score (nSPS) is 25.7. The molecule has 0 aromatic heterocycles. The summed E-state index contributed by atoms with van der Waals surface area (Å²) in [5.74, 6) is 2.37. The Kier molecular flexibility index (Phi) is 10.7. The molecule has 5 rings (SSSR count). The molecule has 252 valence electrons. The minimum atomic E-state index is -1.86. The van der Waals surface area contributed by atoms with Crippen LogP contribution in [0.2, 0.25) is 0 Å². The zero-order valence-corrected chi connectivity index (χ0v) is 25.8. The van der Waals surface area contributed by atoms with Gasteiger partial charge in [0.05, 0.1) is 18.1 Å². The molecular weight excluding hydrogens is 627 g/mol. The van der Waals surface area contributed by atoms with E-state index >= 15 is 0 Å². The van der Waals surface area contributed by atoms with Crippen LogP contribution >= 0.6 is 0 Å². The molecule has 0 spiro atoms. The number of hydrogen-bond donors (Lipinski definition) is 6. The van der Waals surface area contributed by atoms with Crippen LogP contribution in [0.25, 0.3) is 0 Å². The molecule has 0 aliphatic carbocycles. The number of amides is 2. The molecule has 48 heavy (non-hydrogen) atoms. The van der Waals surface area contributed by atoms with Crippen molar-refractivity contribution in [3.63, 3.8) is 0 Å². The van der Waals surface area contributed by atoms with Crippen molar-refractivity contribution in [2.45, 2.75) is 62.6 Å². The molecular formula is C35H35FN2O10. The fourth-order valence-electron chi connectivity index (χ4n) is 5.75. The van der Waals surface area contributed by atoms with Crippen LogP contribution in [0.4, 0.5) is 10.1 Å². The second-order valence-electron chi connectivity index (χ2n) is 11.5. The zero-order valence-electron chi connectivity index (χ0n) is 25.8. The lowest BCUT2D eigenvalue weighted by atomic mass is 9.78. The van der Waals surface area contributed by atoms with Crippen LogP contribution in [-0.4, -0.2) is 80.6 Å². The average molecular weight is 663 g/mol. The summed E-state index contributed by atoms with van der Waals surface area (Å²) in [6, 6.07) is 18.3. The maximum atomic E-state index is 13.6. The average Bonchev–Trinajstić information content (AvgIpc) is 3.07. The Morgan fingerprint density at radius 1 is 0.979 bits per heavy atom. The van der Waals surface area contributed by atoms with E-state index < -0.39 is 66.5 Å². The number of carbonyl (C=O) groups excluding carboxylic acids is 2. The van der Waals surface area contributed by atoms with E-state index in [9.17, 15) is 44.3 Å². The molecule has 13 heteroatoms. The lowest BCUT2D eigenvalue weighted by molar-refractivity contribution is -0.271. The Morgan fingerprint density at radius 3 is 2.27 bits per heavy atom. The van der Waals surface area contributed by atoms with Crippen molar-refractivity contribution in [2.24, 2.45) is 5.92 Å². The Labute approximate surface area is 275 Å². The highest BCUT2D eigenvalue weighted by Gasteiger charge is 2.49. The quantitative estimate of drug-likeness (QED) is 0.138. The van der Waals surface area contributed by atoms with Crippen molar-refractivity contribution in [3.8, 4) is 17.6 Å². The smallest absolute Gasteiger partial charge is 0.335 e. The number of nitrogens with zero attached hydrogens (tertiary/aromatic N) is 1. The summed E-state index contributed by atoms with van der Waals surface area (Å²) in [7, 11) is 0. The van der Waals surface area contributed by atoms with E-state index in [1.54, 1.807) is 48.2 Å². The van der Waals surface area contributed by atoms with Crippen LogP contribution < -0.4 is 15.0 Å². The summed E-state index contributed by atoms with van der Waals surface area (Å²) < 4.78 is 24.2. The summed E-state index contributed by atoms with van der Waals surface area (Å²) >= 11 is 0. The second-order valence-corrected chi connectivity index (χ2v) is 11.5. The highest BCUT2D eigenvalue weighted by atomic mass is 19.1. The Balaban J connectivity index is 1.36. The topological polar surface area (TPSA) is 186 Å². The fourth-order valence-corrected chi connectivity index (χ4v) is 5.75. The zero-order chi connectivity index (χ0) is 34.5. The van der Waals surface area contributed by atoms with Gasteiger partial charge < -0.3 is 45.2 Å². The maximum absolute atomic E-state index is 13.6. The Hall–Kier alpha value is -4.84. The molecule has 0 radical (unpaired) electrons. The third-order valence-electron chi connectivity index (χ3n) is 8.31. The van der Waals surface area contributed by atoms with E-state index in [4.69, 9.17) is 9.47 Å². The highest BCUT2D eigenvalue weighted by Crippen LogP contribution is 2.46. The fraction of sp³-hybridized carbons (Fsp3) is 0.343. The van der Waals surface area contributed by atoms with Gasteiger partial charge in [0.1, 0.15) is 29.9 Å². The number of ether oxygens (including phenoxy) is 2. The largest absolute Gasteiger partial charge is 0.479 e. The molecule has 2 heterocycles. The molecule has 3 aromatic rings. The minimum Gasteiger partial charge on any atom is -0.479 e. The summed E-state index contributed by atoms with van der Waals surface area (Å²) in [4.78, 5) is 38.3. The maximum Gasteiger partial charge on any atom is 0.335 e. The summed E-state index contributed by atoms with van der Waals surface area (Å²) in [6.07, 6.45) is -9.20. The Bertz CT molecular complexity index is 1670. The van der Waals surface area contributed by atoms with Crippen LogP contribution in [0.5, 0.6) is 5.75 Å². The van der Waals surface area contributed by atoms with Crippen molar-refractivity contribution in [1.29, 1.82) is 0 Å². The van der Waals surface area contributed by atoms with Gasteiger partial charge >= 0.3 is 5.97 Å². The summed E-state index contributed by atoms with van der Waals surface area (Å²) in [5, 5.41) is 53.0. The summed E-state index contributed by atoms with van der Waals surface area (Å²) in [6.45, 7) is 2.24. The van der Waals surface area contributed by atoms with E-state index in [-0.39, 0.29) is 18.1 Å². The van der Waals surface area contributed by atoms with Crippen LogP contribution in [0.15, 0.2) is 72.8 Å². The van der Waals surface area contributed by atoms with Gasteiger partial charge in [0.25, 0.3) is 5.91 Å². The second kappa shape index (κ2) is 14.9. The van der Waals surface area contributed by atoms with Crippen LogP contribution in [-0.2, 0) is 19.1 Å². The predicted octanol–water partition coefficient (Wildman–Crippen LogP) is 1.80. The van der Waals surface area contributed by atoms with Gasteiger partial charge in [-0.15, -0.1) is 0 Å². The molecule has 2 aliphatic heterocycles. The number of halogens is 1. The van der Waals surface area contributed by atoms with E-state index in [0.29, 0.717) is 35.3 Å². The molecule has 12 nitrogen and oxygen atoms in total. The van der Waals surface area contributed by atoms with Gasteiger partial charge in [-0.3, -0.25) is 9.59 Å². The van der Waals surface area contributed by atoms with Gasteiger partial charge in [0.15, 0.2) is 6.10 Å². The molecule has 0 bridgehead atoms. The lowest BCUT2D eigenvalue weighted by Crippen LogP contribution is -2.61. The molecule has 2 aliphatic rings. The molecule has 2 amide bonds. The van der Waals surface area contributed by atoms with Gasteiger partial charge in [0.2, 0.25) is 12.2 Å². The van der Waals surface area contributed by atoms with Crippen molar-refractivity contribution in [3.05, 3.63) is 95.3 Å². The number of anilines is 1. The highest BCUT2D eigenvalue weighted by molar-refractivity contribution is 6.03. The van der Waals surface area contributed by atoms with Gasteiger partial charge in [-0.2, -0.15) is 0 Å². The van der Waals surface area contributed by atoms with Crippen molar-refractivity contribution in [2.75, 3.05) is 11.4 Å². The summed E-state index contributed by atoms with van der Waals surface area (Å²) in [5.41, 5.74) is 2.38. The van der Waals surface area contributed by atoms with E-state index in [1.807, 2.05) is 0 Å². The number of nitrogens with one attached hydrogen (secondary N) is 1. The number of aliphatic hydroxyl groups is 4. The number of hydrogen-bond acceptors (Lipinski definition) is 9. The van der Waals surface area contributed by atoms with Gasteiger partial charge in [0, 0.05) is 23.7 Å². The molecule has 6 N–H and O–H groups in total. The number of rotatable bonds is 10. The monoisotopic (exact) mass is 662 g/mol. The van der Waals surface area contributed by atoms with Crippen LogP contribution in [0.1, 0.15) is 48.6 Å². The molecule has 8 atom stereocenters. The van der Waals surface area contributed by atoms with Crippen LogP contribution in [0, 0.1) is 23.6 Å². The number of aliphatic hydroxyl groups excluding tert-OH is 4. The third-order valence-corrected chi connectivity index (χ3v) is 8.31. The predicted molar refractivity (Wildman–Crippen MR) is 168 cm³/mol. The third kappa shape index (κ3) is 7.49. The number of benzene rings is 3. The molecule has 3 aromatic carbocycles. The van der Waals surface area contributed by atoms with Gasteiger partial charge in [-0.05, 0) is 79.4 Å². The molecule has 2 fully saturated rings. The van der Waals surface area contributed by atoms with E-state index in [2.05, 4.69) is 17.2 Å². The van der Waals surface area contributed by atoms with Crippen molar-refractivity contribution < 1.29 is 53.8 Å². The molecule has 1 unspecified atom stereocenters. The first-order chi connectivity index (χ1) is 23.0. The minimum absolute atomic E-state index is 0.158. The lowest BCUT2D eigenvalue weighted by Gasteiger charge is -2.48. The first kappa shape index (κ1) is 34.5. The number of carboxylic acid groups (broad SMARTS) is 1. The SMILES string of the molecule is CCNC(=O)C#Cc1ccc(N2C(=O)C(CC[C@H](O)c3ccc(F)cc3)[C@H]2c2ccc(O[C@@H]3O[C@H](C(=O)O)[C@@H](O)[C@H](O)[C@H]3O)cc2)cc1. The number of carbonyl (C=O) groups is 3. The molecule has 0 saturated carbocycles. The van der Waals surface area contributed by atoms with Gasteiger partial charge in [-0.25, -0.2) is 9.18 Å². The van der Waals surface area contributed by atoms with E-state index in [0.717, 1.165) is 0 Å². The van der Waals surface area contributed by atoms with E-state index in [1.165, 1.54) is 36.4 Å².